The molecule has 2 saturated heterocycles. The van der Waals surface area contributed by atoms with E-state index in [-0.39, 0.29) is 0 Å². The molecular formula is C22H26O5. The van der Waals surface area contributed by atoms with Gasteiger partial charge in [0, 0.05) is 31.6 Å². The molecule has 2 aromatic rings. The molecule has 0 unspecified atom stereocenters. The molecule has 0 radical (unpaired) electrons. The van der Waals surface area contributed by atoms with E-state index in [9.17, 15) is 5.11 Å². The summed E-state index contributed by atoms with van der Waals surface area (Å²) in [6, 6.07) is 14.1. The van der Waals surface area contributed by atoms with Gasteiger partial charge in [-0.2, -0.15) is 0 Å². The van der Waals surface area contributed by atoms with Gasteiger partial charge in [0.2, 0.25) is 0 Å². The Labute approximate surface area is 159 Å². The van der Waals surface area contributed by atoms with Crippen molar-refractivity contribution in [3.8, 4) is 16.9 Å². The van der Waals surface area contributed by atoms with Crippen molar-refractivity contribution in [2.24, 2.45) is 0 Å². The Kier molecular flexibility index (Phi) is 5.45. The van der Waals surface area contributed by atoms with Crippen molar-refractivity contribution >= 4 is 0 Å². The predicted molar refractivity (Wildman–Crippen MR) is 102 cm³/mol. The molecule has 0 aromatic heterocycles. The first-order valence-corrected chi connectivity index (χ1v) is 9.52. The van der Waals surface area contributed by atoms with Gasteiger partial charge in [0.05, 0.1) is 25.9 Å². The van der Waals surface area contributed by atoms with Crippen LogP contribution in [-0.4, -0.2) is 38.6 Å². The average Bonchev–Trinajstić information content (AvgIpc) is 2.74. The van der Waals surface area contributed by atoms with Crippen molar-refractivity contribution in [2.45, 2.75) is 31.2 Å². The molecule has 4 rings (SSSR count). The standard InChI is InChI=1S/C22H26O5/c1-24-18-6-3-16(4-7-18)19-8-5-17(22(23)9-13-25-14-10-22)15-20(19)21-26-11-2-12-27-21/h3-8,15,21,23H,2,9-14H2,1H3. The Bertz CT molecular complexity index is 759. The van der Waals surface area contributed by atoms with Gasteiger partial charge in [-0.25, -0.2) is 0 Å². The largest absolute Gasteiger partial charge is 0.497 e. The van der Waals surface area contributed by atoms with E-state index in [2.05, 4.69) is 6.07 Å². The molecule has 27 heavy (non-hydrogen) atoms. The summed E-state index contributed by atoms with van der Waals surface area (Å²) in [5, 5.41) is 11.1. The topological polar surface area (TPSA) is 57.2 Å². The van der Waals surface area contributed by atoms with Crippen LogP contribution in [0.3, 0.4) is 0 Å². The van der Waals surface area contributed by atoms with Gasteiger partial charge in [-0.05, 0) is 41.3 Å². The first kappa shape index (κ1) is 18.4. The van der Waals surface area contributed by atoms with E-state index in [1.807, 2.05) is 36.4 Å². The highest BCUT2D eigenvalue weighted by Gasteiger charge is 2.33. The lowest BCUT2D eigenvalue weighted by Crippen LogP contribution is -2.33. The van der Waals surface area contributed by atoms with Crippen LogP contribution in [0, 0.1) is 0 Å². The Morgan fingerprint density at radius 2 is 1.67 bits per heavy atom. The molecule has 5 nitrogen and oxygen atoms in total. The SMILES string of the molecule is COc1ccc(-c2ccc(C3(O)CCOCC3)cc2C2OCCCO2)cc1. The number of hydrogen-bond acceptors (Lipinski definition) is 5. The minimum atomic E-state index is -0.861. The molecule has 2 aromatic carbocycles. The van der Waals surface area contributed by atoms with Crippen LogP contribution < -0.4 is 4.74 Å². The summed E-state index contributed by atoms with van der Waals surface area (Å²) in [6.07, 6.45) is 1.68. The fraction of sp³-hybridized carbons (Fsp3) is 0.455. The molecule has 2 aliphatic heterocycles. The van der Waals surface area contributed by atoms with Crippen LogP contribution in [0.5, 0.6) is 5.75 Å². The highest BCUT2D eigenvalue weighted by molar-refractivity contribution is 5.69. The maximum atomic E-state index is 11.1. The van der Waals surface area contributed by atoms with Crippen LogP contribution in [-0.2, 0) is 19.8 Å². The molecule has 2 fully saturated rings. The second kappa shape index (κ2) is 7.98. The third-order valence-electron chi connectivity index (χ3n) is 5.39. The molecule has 0 saturated carbocycles. The van der Waals surface area contributed by atoms with Gasteiger partial charge < -0.3 is 24.1 Å². The lowest BCUT2D eigenvalue weighted by molar-refractivity contribution is -0.182. The molecule has 0 amide bonds. The fourth-order valence-electron chi connectivity index (χ4n) is 3.75. The van der Waals surface area contributed by atoms with Gasteiger partial charge in [0.25, 0.3) is 0 Å². The molecule has 0 atom stereocenters. The summed E-state index contributed by atoms with van der Waals surface area (Å²) in [5.74, 6) is 0.818. The molecule has 1 N–H and O–H groups in total. The van der Waals surface area contributed by atoms with Gasteiger partial charge in [-0.1, -0.05) is 24.3 Å². The Hall–Kier alpha value is -1.92. The number of hydrogen-bond donors (Lipinski definition) is 1. The number of aliphatic hydroxyl groups is 1. The third-order valence-corrected chi connectivity index (χ3v) is 5.39. The van der Waals surface area contributed by atoms with E-state index in [0.717, 1.165) is 34.4 Å². The zero-order valence-electron chi connectivity index (χ0n) is 15.6. The Morgan fingerprint density at radius 1 is 0.963 bits per heavy atom. The van der Waals surface area contributed by atoms with Crippen molar-refractivity contribution < 1.29 is 24.1 Å². The zero-order chi connectivity index (χ0) is 18.7. The summed E-state index contributed by atoms with van der Waals surface area (Å²) in [4.78, 5) is 0. The number of methoxy groups -OCH3 is 1. The summed E-state index contributed by atoms with van der Waals surface area (Å²) < 4.78 is 22.5. The first-order valence-electron chi connectivity index (χ1n) is 9.52. The first-order chi connectivity index (χ1) is 13.2. The highest BCUT2D eigenvalue weighted by atomic mass is 16.7. The Balaban J connectivity index is 1.75. The van der Waals surface area contributed by atoms with Gasteiger partial charge in [0.1, 0.15) is 5.75 Å². The molecule has 2 aliphatic rings. The summed E-state index contributed by atoms with van der Waals surface area (Å²) in [5.41, 5.74) is 3.10. The Morgan fingerprint density at radius 3 is 2.33 bits per heavy atom. The van der Waals surface area contributed by atoms with E-state index >= 15 is 0 Å². The van der Waals surface area contributed by atoms with Gasteiger partial charge >= 0.3 is 0 Å². The monoisotopic (exact) mass is 370 g/mol. The zero-order valence-corrected chi connectivity index (χ0v) is 15.6. The maximum absolute atomic E-state index is 11.1. The minimum Gasteiger partial charge on any atom is -0.497 e. The van der Waals surface area contributed by atoms with Gasteiger partial charge in [0.15, 0.2) is 6.29 Å². The lowest BCUT2D eigenvalue weighted by Gasteiger charge is -2.34. The van der Waals surface area contributed by atoms with E-state index in [1.165, 1.54) is 0 Å². The van der Waals surface area contributed by atoms with Crippen LogP contribution in [0.1, 0.15) is 36.7 Å². The maximum Gasteiger partial charge on any atom is 0.184 e. The van der Waals surface area contributed by atoms with Crippen LogP contribution in [0.4, 0.5) is 0 Å². The van der Waals surface area contributed by atoms with E-state index in [1.54, 1.807) is 7.11 Å². The van der Waals surface area contributed by atoms with Gasteiger partial charge in [-0.15, -0.1) is 0 Å². The second-order valence-electron chi connectivity index (χ2n) is 7.10. The fourth-order valence-corrected chi connectivity index (χ4v) is 3.75. The normalized spacial score (nSPS) is 20.4. The molecule has 0 bridgehead atoms. The van der Waals surface area contributed by atoms with E-state index in [4.69, 9.17) is 18.9 Å². The minimum absolute atomic E-state index is 0.417. The lowest BCUT2D eigenvalue weighted by atomic mass is 9.84. The molecule has 144 valence electrons. The van der Waals surface area contributed by atoms with Crippen LogP contribution in [0.15, 0.2) is 42.5 Å². The van der Waals surface area contributed by atoms with Crippen molar-refractivity contribution in [3.63, 3.8) is 0 Å². The van der Waals surface area contributed by atoms with Gasteiger partial charge in [-0.3, -0.25) is 0 Å². The second-order valence-corrected chi connectivity index (χ2v) is 7.10. The van der Waals surface area contributed by atoms with E-state index in [0.29, 0.717) is 39.3 Å². The molecule has 2 heterocycles. The number of ether oxygens (including phenoxy) is 4. The van der Waals surface area contributed by atoms with Crippen molar-refractivity contribution in [1.29, 1.82) is 0 Å². The van der Waals surface area contributed by atoms with E-state index < -0.39 is 11.9 Å². The summed E-state index contributed by atoms with van der Waals surface area (Å²) in [7, 11) is 1.66. The highest BCUT2D eigenvalue weighted by Crippen LogP contribution is 2.39. The smallest absolute Gasteiger partial charge is 0.184 e. The van der Waals surface area contributed by atoms with Crippen LogP contribution >= 0.6 is 0 Å². The summed E-state index contributed by atoms with van der Waals surface area (Å²) in [6.45, 7) is 2.50. The summed E-state index contributed by atoms with van der Waals surface area (Å²) >= 11 is 0. The molecule has 0 spiro atoms. The van der Waals surface area contributed by atoms with Crippen molar-refractivity contribution in [2.75, 3.05) is 33.5 Å². The molecular weight excluding hydrogens is 344 g/mol. The van der Waals surface area contributed by atoms with Crippen LogP contribution in [0.25, 0.3) is 11.1 Å². The number of rotatable bonds is 4. The third kappa shape index (κ3) is 3.87. The number of benzene rings is 2. The van der Waals surface area contributed by atoms with Crippen molar-refractivity contribution in [1.82, 2.24) is 0 Å². The predicted octanol–water partition coefficient (Wildman–Crippen LogP) is 3.80. The van der Waals surface area contributed by atoms with Crippen molar-refractivity contribution in [3.05, 3.63) is 53.6 Å². The molecule has 5 heteroatoms. The quantitative estimate of drug-likeness (QED) is 0.887. The average molecular weight is 370 g/mol. The molecule has 0 aliphatic carbocycles. The van der Waals surface area contributed by atoms with Crippen LogP contribution in [0.2, 0.25) is 0 Å².